The van der Waals surface area contributed by atoms with Crippen LogP contribution in [0.2, 0.25) is 0 Å². The molecule has 0 atom stereocenters. The number of hydrogen-bond acceptors (Lipinski definition) is 6. The van der Waals surface area contributed by atoms with Crippen LogP contribution in [0.25, 0.3) is 0 Å². The number of likely N-dealkylation sites (tertiary alicyclic amines) is 1. The number of aromatic nitrogens is 1. The average Bonchev–Trinajstić information content (AvgIpc) is 2.95. The monoisotopic (exact) mass is 534 g/mol. The van der Waals surface area contributed by atoms with Crippen molar-refractivity contribution in [3.8, 4) is 0 Å². The quantitative estimate of drug-likeness (QED) is 0.207. The maximum Gasteiger partial charge on any atom is 0.317 e. The fourth-order valence-electron chi connectivity index (χ4n) is 5.06. The molecule has 3 heterocycles. The Bertz CT molecular complexity index is 1160. The number of aliphatic carboxylic acids is 1. The summed E-state index contributed by atoms with van der Waals surface area (Å²) in [6.45, 7) is 2.33. The first kappa shape index (κ1) is 28.1. The Labute approximate surface area is 229 Å². The number of Topliss-reactive ketones (excluding diaryl/α,β-unsaturated/α-hetero) is 1. The lowest BCUT2D eigenvalue weighted by molar-refractivity contribution is -0.144. The van der Waals surface area contributed by atoms with Gasteiger partial charge in [0.25, 0.3) is 0 Å². The minimum Gasteiger partial charge on any atom is -0.494 e. The number of allylic oxidation sites excluding steroid dienone is 1. The van der Waals surface area contributed by atoms with Gasteiger partial charge < -0.3 is 25.4 Å². The standard InChI is InChI=1S/C30H38N4O5/c35-26(23-8-2-1-3-9-23)12-4-5-21-39-30(22-27(36)37)15-19-34(20-16-30)29(38)32-18-7-11-25-14-13-24-10-6-17-31-28(24)33-25/h1-3,5,8-9,13-14,21H,4,6-7,10-12,15-20,22H2,(H,31,33)(H,32,38)(H,36,37)/b21-5+. The number of rotatable bonds is 12. The summed E-state index contributed by atoms with van der Waals surface area (Å²) in [4.78, 5) is 42.9. The van der Waals surface area contributed by atoms with Gasteiger partial charge in [-0.15, -0.1) is 0 Å². The number of benzene rings is 1. The second kappa shape index (κ2) is 13.8. The van der Waals surface area contributed by atoms with Crippen molar-refractivity contribution in [1.29, 1.82) is 0 Å². The molecule has 0 aliphatic carbocycles. The Hall–Kier alpha value is -3.88. The van der Waals surface area contributed by atoms with Gasteiger partial charge in [0.1, 0.15) is 11.4 Å². The SMILES string of the molecule is O=C(O)CC1(O/C=C/CCC(=O)c2ccccc2)CCN(C(=O)NCCCc2ccc3c(n2)NCCC3)CC1. The summed E-state index contributed by atoms with van der Waals surface area (Å²) in [6.07, 6.45) is 8.60. The van der Waals surface area contributed by atoms with Crippen LogP contribution in [0.3, 0.4) is 0 Å². The lowest BCUT2D eigenvalue weighted by Crippen LogP contribution is -2.51. The van der Waals surface area contributed by atoms with Gasteiger partial charge in [-0.25, -0.2) is 9.78 Å². The molecule has 1 saturated heterocycles. The molecule has 1 aromatic carbocycles. The lowest BCUT2D eigenvalue weighted by atomic mass is 9.88. The first-order valence-corrected chi connectivity index (χ1v) is 13.8. The first-order valence-electron chi connectivity index (χ1n) is 13.8. The van der Waals surface area contributed by atoms with Crippen LogP contribution >= 0.6 is 0 Å². The molecule has 3 N–H and O–H groups in total. The fraction of sp³-hybridized carbons (Fsp3) is 0.467. The molecule has 208 valence electrons. The minimum atomic E-state index is -0.938. The van der Waals surface area contributed by atoms with Crippen molar-refractivity contribution in [2.75, 3.05) is 31.5 Å². The minimum absolute atomic E-state index is 0.0516. The van der Waals surface area contributed by atoms with E-state index in [4.69, 9.17) is 9.72 Å². The highest BCUT2D eigenvalue weighted by atomic mass is 16.5. The summed E-state index contributed by atoms with van der Waals surface area (Å²) in [5.74, 6) is 0.0982. The molecule has 4 rings (SSSR count). The van der Waals surface area contributed by atoms with E-state index in [-0.39, 0.29) is 18.2 Å². The molecule has 2 aliphatic rings. The number of aryl methyl sites for hydroxylation is 2. The Kier molecular flexibility index (Phi) is 9.94. The maximum atomic E-state index is 12.7. The summed E-state index contributed by atoms with van der Waals surface area (Å²) in [5.41, 5.74) is 2.09. The van der Waals surface area contributed by atoms with Crippen LogP contribution in [0.1, 0.15) is 66.6 Å². The molecule has 39 heavy (non-hydrogen) atoms. The number of anilines is 1. The Morgan fingerprint density at radius 2 is 1.92 bits per heavy atom. The number of fused-ring (bicyclic) bond motifs is 1. The van der Waals surface area contributed by atoms with Gasteiger partial charge >= 0.3 is 12.0 Å². The molecule has 2 amide bonds. The number of pyridine rings is 1. The predicted octanol–water partition coefficient (Wildman–Crippen LogP) is 4.58. The third kappa shape index (κ3) is 8.30. The number of piperidine rings is 1. The van der Waals surface area contributed by atoms with E-state index in [0.717, 1.165) is 43.7 Å². The number of carboxylic acids is 1. The van der Waals surface area contributed by atoms with Crippen molar-refractivity contribution in [1.82, 2.24) is 15.2 Å². The fourth-order valence-corrected chi connectivity index (χ4v) is 5.06. The number of carbonyl (C=O) groups excluding carboxylic acids is 2. The Balaban J connectivity index is 1.18. The van der Waals surface area contributed by atoms with Gasteiger partial charge in [-0.2, -0.15) is 0 Å². The average molecular weight is 535 g/mol. The highest BCUT2D eigenvalue weighted by Crippen LogP contribution is 2.30. The van der Waals surface area contributed by atoms with Crippen LogP contribution in [0.4, 0.5) is 10.6 Å². The van der Waals surface area contributed by atoms with Crippen molar-refractivity contribution in [3.63, 3.8) is 0 Å². The van der Waals surface area contributed by atoms with Gasteiger partial charge in [-0.05, 0) is 49.8 Å². The summed E-state index contributed by atoms with van der Waals surface area (Å²) >= 11 is 0. The molecule has 0 saturated carbocycles. The van der Waals surface area contributed by atoms with Crippen LogP contribution in [-0.4, -0.2) is 64.6 Å². The van der Waals surface area contributed by atoms with E-state index < -0.39 is 11.6 Å². The number of carboxylic acid groups (broad SMARTS) is 1. The van der Waals surface area contributed by atoms with Crippen LogP contribution in [0.5, 0.6) is 0 Å². The number of ether oxygens (including phenoxy) is 1. The number of hydrogen-bond donors (Lipinski definition) is 3. The molecule has 9 heteroatoms. The second-order valence-electron chi connectivity index (χ2n) is 10.2. The number of nitrogens with zero attached hydrogens (tertiary/aromatic N) is 2. The maximum absolute atomic E-state index is 12.7. The number of urea groups is 1. The number of amides is 2. The van der Waals surface area contributed by atoms with Crippen LogP contribution < -0.4 is 10.6 Å². The third-order valence-corrected chi connectivity index (χ3v) is 7.32. The molecule has 2 aromatic rings. The largest absolute Gasteiger partial charge is 0.494 e. The van der Waals surface area contributed by atoms with E-state index in [1.165, 1.54) is 11.8 Å². The zero-order chi connectivity index (χ0) is 27.5. The molecule has 9 nitrogen and oxygen atoms in total. The van der Waals surface area contributed by atoms with Gasteiger partial charge in [-0.1, -0.05) is 36.4 Å². The predicted molar refractivity (Wildman–Crippen MR) is 149 cm³/mol. The molecule has 2 aliphatic heterocycles. The van der Waals surface area contributed by atoms with Crippen molar-refractivity contribution in [2.45, 2.75) is 63.4 Å². The van der Waals surface area contributed by atoms with E-state index in [9.17, 15) is 19.5 Å². The summed E-state index contributed by atoms with van der Waals surface area (Å²) in [5, 5.41) is 15.8. The van der Waals surface area contributed by atoms with Crippen molar-refractivity contribution in [2.24, 2.45) is 0 Å². The summed E-state index contributed by atoms with van der Waals surface area (Å²) < 4.78 is 5.94. The second-order valence-corrected chi connectivity index (χ2v) is 10.2. The van der Waals surface area contributed by atoms with E-state index in [1.54, 1.807) is 23.1 Å². The summed E-state index contributed by atoms with van der Waals surface area (Å²) in [7, 11) is 0. The van der Waals surface area contributed by atoms with Crippen molar-refractivity contribution in [3.05, 3.63) is 71.6 Å². The molecule has 0 radical (unpaired) electrons. The Morgan fingerprint density at radius 1 is 1.13 bits per heavy atom. The van der Waals surface area contributed by atoms with Crippen LogP contribution in [0, 0.1) is 0 Å². The topological polar surface area (TPSA) is 121 Å². The molecule has 1 aromatic heterocycles. The third-order valence-electron chi connectivity index (χ3n) is 7.32. The van der Waals surface area contributed by atoms with Crippen molar-refractivity contribution < 1.29 is 24.2 Å². The smallest absolute Gasteiger partial charge is 0.317 e. The number of carbonyl (C=O) groups is 3. The zero-order valence-corrected chi connectivity index (χ0v) is 22.4. The van der Waals surface area contributed by atoms with Gasteiger partial charge in [0.2, 0.25) is 0 Å². The molecule has 0 bridgehead atoms. The summed E-state index contributed by atoms with van der Waals surface area (Å²) in [6, 6.07) is 13.2. The van der Waals surface area contributed by atoms with Gasteiger partial charge in [-0.3, -0.25) is 9.59 Å². The number of ketones is 1. The lowest BCUT2D eigenvalue weighted by Gasteiger charge is -2.40. The first-order chi connectivity index (χ1) is 18.9. The van der Waals surface area contributed by atoms with Gasteiger partial charge in [0, 0.05) is 56.7 Å². The highest BCUT2D eigenvalue weighted by Gasteiger charge is 2.39. The van der Waals surface area contributed by atoms with Crippen LogP contribution in [0.15, 0.2) is 54.8 Å². The van der Waals surface area contributed by atoms with Crippen LogP contribution in [-0.2, 0) is 22.4 Å². The number of nitrogens with one attached hydrogen (secondary N) is 2. The van der Waals surface area contributed by atoms with E-state index in [2.05, 4.69) is 22.8 Å². The Morgan fingerprint density at radius 3 is 2.69 bits per heavy atom. The van der Waals surface area contributed by atoms with E-state index in [1.807, 2.05) is 18.2 Å². The van der Waals surface area contributed by atoms with Gasteiger partial charge in [0.05, 0.1) is 12.7 Å². The van der Waals surface area contributed by atoms with Gasteiger partial charge in [0.15, 0.2) is 5.78 Å². The molecular formula is C30H38N4O5. The highest BCUT2D eigenvalue weighted by molar-refractivity contribution is 5.96. The zero-order valence-electron chi connectivity index (χ0n) is 22.4. The van der Waals surface area contributed by atoms with E-state index >= 15 is 0 Å². The molecule has 0 unspecified atom stereocenters. The molecule has 0 spiro atoms. The molecule has 1 fully saturated rings. The normalized spacial score (nSPS) is 16.3. The van der Waals surface area contributed by atoms with Crippen molar-refractivity contribution >= 4 is 23.6 Å². The van der Waals surface area contributed by atoms with E-state index in [0.29, 0.717) is 50.9 Å². The molecular weight excluding hydrogens is 496 g/mol.